The summed E-state index contributed by atoms with van der Waals surface area (Å²) in [7, 11) is 1.88. The summed E-state index contributed by atoms with van der Waals surface area (Å²) < 4.78 is 5.82. The van der Waals surface area contributed by atoms with E-state index in [1.165, 1.54) is 0 Å². The summed E-state index contributed by atoms with van der Waals surface area (Å²) in [4.78, 5) is 10.0. The summed E-state index contributed by atoms with van der Waals surface area (Å²) in [6, 6.07) is 2.04. The molecule has 0 spiro atoms. The average molecular weight is 279 g/mol. The first-order chi connectivity index (χ1) is 9.10. The Bertz CT molecular complexity index is 538. The van der Waals surface area contributed by atoms with Gasteiger partial charge in [-0.3, -0.25) is 0 Å². The van der Waals surface area contributed by atoms with Crippen molar-refractivity contribution in [1.29, 1.82) is 0 Å². The lowest BCUT2D eigenvalue weighted by atomic mass is 10.1. The molecule has 2 rings (SSSR count). The zero-order valence-corrected chi connectivity index (χ0v) is 12.8. The second kappa shape index (κ2) is 6.30. The number of hydrogen-bond donors (Lipinski definition) is 1. The molecule has 104 valence electrons. The van der Waals surface area contributed by atoms with E-state index in [2.05, 4.69) is 36.1 Å². The second-order valence-corrected chi connectivity index (χ2v) is 6.02. The Labute approximate surface area is 118 Å². The molecule has 1 unspecified atom stereocenters. The summed E-state index contributed by atoms with van der Waals surface area (Å²) in [5.74, 6) is 2.26. The van der Waals surface area contributed by atoms with E-state index in [1.54, 1.807) is 11.3 Å². The van der Waals surface area contributed by atoms with Crippen molar-refractivity contribution in [3.05, 3.63) is 17.3 Å². The number of hydrogen-bond acceptors (Lipinski definition) is 5. The van der Waals surface area contributed by atoms with Gasteiger partial charge in [-0.05, 0) is 30.7 Å². The number of nitrogens with zero attached hydrogens (tertiary/aromatic N) is 2. The van der Waals surface area contributed by atoms with Crippen LogP contribution in [0.2, 0.25) is 0 Å². The van der Waals surface area contributed by atoms with Crippen molar-refractivity contribution < 1.29 is 4.74 Å². The minimum atomic E-state index is 0.237. The predicted molar refractivity (Wildman–Crippen MR) is 80.7 cm³/mol. The molecule has 5 heteroatoms. The number of ether oxygens (including phenoxy) is 1. The molecule has 2 aromatic rings. The van der Waals surface area contributed by atoms with Gasteiger partial charge < -0.3 is 10.1 Å². The zero-order chi connectivity index (χ0) is 13.8. The monoisotopic (exact) mass is 279 g/mol. The highest BCUT2D eigenvalue weighted by Gasteiger charge is 2.10. The quantitative estimate of drug-likeness (QED) is 0.876. The summed E-state index contributed by atoms with van der Waals surface area (Å²) in [6.07, 6.45) is 1.29. The molecule has 0 radical (unpaired) electrons. The highest BCUT2D eigenvalue weighted by molar-refractivity contribution is 7.16. The van der Waals surface area contributed by atoms with Gasteiger partial charge in [0.15, 0.2) is 5.82 Å². The van der Waals surface area contributed by atoms with Gasteiger partial charge in [-0.25, -0.2) is 9.97 Å². The topological polar surface area (TPSA) is 47.0 Å². The lowest BCUT2D eigenvalue weighted by Gasteiger charge is -2.14. The molecule has 4 nitrogen and oxygen atoms in total. The smallest absolute Gasteiger partial charge is 0.158 e. The van der Waals surface area contributed by atoms with Crippen LogP contribution >= 0.6 is 11.3 Å². The maximum absolute atomic E-state index is 5.82. The number of fused-ring (bicyclic) bond motifs is 1. The Morgan fingerprint density at radius 3 is 2.79 bits per heavy atom. The average Bonchev–Trinajstić information content (AvgIpc) is 2.82. The van der Waals surface area contributed by atoms with Gasteiger partial charge in [0.2, 0.25) is 0 Å². The molecule has 0 aliphatic heterocycles. The number of nitrogens with one attached hydrogen (secondary N) is 1. The van der Waals surface area contributed by atoms with E-state index in [1.807, 2.05) is 18.5 Å². The van der Waals surface area contributed by atoms with Crippen LogP contribution in [-0.2, 0) is 11.3 Å². The number of thiophene rings is 1. The zero-order valence-electron chi connectivity index (χ0n) is 11.9. The fourth-order valence-electron chi connectivity index (χ4n) is 2.10. The Hall–Kier alpha value is -1.20. The molecule has 2 heterocycles. The molecule has 0 fully saturated rings. The van der Waals surface area contributed by atoms with Gasteiger partial charge in [0.05, 0.1) is 11.5 Å². The molecule has 2 aromatic heterocycles. The first-order valence-electron chi connectivity index (χ1n) is 6.63. The molecule has 0 bridgehead atoms. The van der Waals surface area contributed by atoms with E-state index in [-0.39, 0.29) is 6.10 Å². The minimum absolute atomic E-state index is 0.237. The van der Waals surface area contributed by atoms with Crippen LogP contribution in [-0.4, -0.2) is 23.1 Å². The number of rotatable bonds is 6. The summed E-state index contributed by atoms with van der Waals surface area (Å²) in [6.45, 7) is 6.97. The highest BCUT2D eigenvalue weighted by Crippen LogP contribution is 2.25. The minimum Gasteiger partial charge on any atom is -0.372 e. The van der Waals surface area contributed by atoms with E-state index < -0.39 is 0 Å². The van der Waals surface area contributed by atoms with Crippen LogP contribution in [0.15, 0.2) is 11.4 Å². The van der Waals surface area contributed by atoms with Crippen molar-refractivity contribution in [2.24, 2.45) is 5.92 Å². The van der Waals surface area contributed by atoms with Gasteiger partial charge in [-0.15, -0.1) is 11.3 Å². The van der Waals surface area contributed by atoms with Crippen LogP contribution in [0.4, 0.5) is 5.82 Å². The fraction of sp³-hybridized carbons (Fsp3) is 0.571. The molecule has 1 atom stereocenters. The third-order valence-corrected chi connectivity index (χ3v) is 3.72. The van der Waals surface area contributed by atoms with E-state index in [0.717, 1.165) is 28.3 Å². The largest absolute Gasteiger partial charge is 0.372 e. The normalized spacial score (nSPS) is 13.1. The van der Waals surface area contributed by atoms with Crippen LogP contribution in [0.5, 0.6) is 0 Å². The molecule has 0 amide bonds. The van der Waals surface area contributed by atoms with Gasteiger partial charge in [0.1, 0.15) is 17.3 Å². The first-order valence-corrected chi connectivity index (χ1v) is 7.51. The standard InChI is InChI=1S/C14H21N3OS/c1-9(2)7-10(3)18-8-12-16-13(15-4)11-5-6-19-14(11)17-12/h5-6,9-10H,7-8H2,1-4H3,(H,15,16,17). The van der Waals surface area contributed by atoms with Crippen LogP contribution in [0.1, 0.15) is 33.0 Å². The third-order valence-electron chi connectivity index (χ3n) is 2.91. The molecule has 0 aliphatic rings. The first kappa shape index (κ1) is 14.2. The Kier molecular flexibility index (Phi) is 4.71. The molecular weight excluding hydrogens is 258 g/mol. The second-order valence-electron chi connectivity index (χ2n) is 5.13. The lowest BCUT2D eigenvalue weighted by Crippen LogP contribution is -2.12. The maximum Gasteiger partial charge on any atom is 0.158 e. The van der Waals surface area contributed by atoms with Crippen molar-refractivity contribution in [3.63, 3.8) is 0 Å². The SMILES string of the molecule is CNc1nc(COC(C)CC(C)C)nc2sccc12. The molecule has 0 aromatic carbocycles. The van der Waals surface area contributed by atoms with Crippen molar-refractivity contribution in [2.45, 2.75) is 39.9 Å². The van der Waals surface area contributed by atoms with E-state index >= 15 is 0 Å². The van der Waals surface area contributed by atoms with Gasteiger partial charge >= 0.3 is 0 Å². The van der Waals surface area contributed by atoms with Crippen LogP contribution < -0.4 is 5.32 Å². The Morgan fingerprint density at radius 2 is 2.11 bits per heavy atom. The molecule has 0 saturated heterocycles. The summed E-state index contributed by atoms with van der Waals surface area (Å²) in [5.41, 5.74) is 0. The Balaban J connectivity index is 2.08. The maximum atomic E-state index is 5.82. The van der Waals surface area contributed by atoms with Gasteiger partial charge in [0.25, 0.3) is 0 Å². The fourth-order valence-corrected chi connectivity index (χ4v) is 2.89. The van der Waals surface area contributed by atoms with Crippen LogP contribution in [0, 0.1) is 5.92 Å². The van der Waals surface area contributed by atoms with Crippen molar-refractivity contribution >= 4 is 27.4 Å². The number of aromatic nitrogens is 2. The Morgan fingerprint density at radius 1 is 1.32 bits per heavy atom. The van der Waals surface area contributed by atoms with E-state index in [4.69, 9.17) is 4.74 Å². The lowest BCUT2D eigenvalue weighted by molar-refractivity contribution is 0.0361. The van der Waals surface area contributed by atoms with E-state index in [0.29, 0.717) is 12.5 Å². The van der Waals surface area contributed by atoms with Crippen molar-refractivity contribution in [1.82, 2.24) is 9.97 Å². The van der Waals surface area contributed by atoms with Crippen LogP contribution in [0.3, 0.4) is 0 Å². The van der Waals surface area contributed by atoms with Gasteiger partial charge in [-0.1, -0.05) is 13.8 Å². The summed E-state index contributed by atoms with van der Waals surface area (Å²) >= 11 is 1.63. The molecular formula is C14H21N3OS. The molecule has 19 heavy (non-hydrogen) atoms. The van der Waals surface area contributed by atoms with Gasteiger partial charge in [0, 0.05) is 7.05 Å². The van der Waals surface area contributed by atoms with E-state index in [9.17, 15) is 0 Å². The third kappa shape index (κ3) is 3.64. The molecule has 0 aliphatic carbocycles. The predicted octanol–water partition coefficient (Wildman–Crippen LogP) is 3.68. The van der Waals surface area contributed by atoms with Crippen molar-refractivity contribution in [3.8, 4) is 0 Å². The number of anilines is 1. The molecule has 1 N–H and O–H groups in total. The highest BCUT2D eigenvalue weighted by atomic mass is 32.1. The van der Waals surface area contributed by atoms with Crippen LogP contribution in [0.25, 0.3) is 10.2 Å². The van der Waals surface area contributed by atoms with Gasteiger partial charge in [-0.2, -0.15) is 0 Å². The molecule has 0 saturated carbocycles. The summed E-state index contributed by atoms with van der Waals surface area (Å²) in [5, 5.41) is 6.23. The van der Waals surface area contributed by atoms with Crippen molar-refractivity contribution in [2.75, 3.05) is 12.4 Å².